The van der Waals surface area contributed by atoms with Crippen LogP contribution >= 0.6 is 34.7 Å². The minimum atomic E-state index is -0.645. The van der Waals surface area contributed by atoms with Crippen molar-refractivity contribution in [3.63, 3.8) is 0 Å². The predicted octanol–water partition coefficient (Wildman–Crippen LogP) is 5.98. The van der Waals surface area contributed by atoms with Crippen LogP contribution in [0.2, 0.25) is 5.02 Å². The first kappa shape index (κ1) is 20.3. The van der Waals surface area contributed by atoms with Gasteiger partial charge in [0.25, 0.3) is 5.91 Å². The number of nitrogens with zero attached hydrogens (tertiary/aromatic N) is 2. The van der Waals surface area contributed by atoms with E-state index in [9.17, 15) is 4.79 Å². The van der Waals surface area contributed by atoms with Crippen molar-refractivity contribution in [3.05, 3.63) is 64.6 Å². The highest BCUT2D eigenvalue weighted by atomic mass is 35.5. The second-order valence-corrected chi connectivity index (χ2v) is 9.30. The maximum absolute atomic E-state index is 13.1. The Morgan fingerprint density at radius 1 is 1.21 bits per heavy atom. The maximum Gasteiger partial charge on any atom is 0.258 e. The molecule has 3 aromatic rings. The van der Waals surface area contributed by atoms with E-state index >= 15 is 0 Å². The molecule has 0 bridgehead atoms. The van der Waals surface area contributed by atoms with Gasteiger partial charge in [-0.3, -0.25) is 4.79 Å². The van der Waals surface area contributed by atoms with Crippen LogP contribution in [0.1, 0.15) is 37.4 Å². The number of hydrogen-bond donors (Lipinski definition) is 1. The van der Waals surface area contributed by atoms with E-state index < -0.39 is 6.10 Å². The summed E-state index contributed by atoms with van der Waals surface area (Å²) >= 11 is 9.32. The van der Waals surface area contributed by atoms with Gasteiger partial charge in [-0.05, 0) is 36.6 Å². The van der Waals surface area contributed by atoms with Gasteiger partial charge in [0.15, 0.2) is 10.4 Å². The zero-order valence-corrected chi connectivity index (χ0v) is 18.0. The molecule has 1 unspecified atom stereocenters. The van der Waals surface area contributed by atoms with E-state index in [1.54, 1.807) is 11.6 Å². The first-order valence-electron chi connectivity index (χ1n) is 9.44. The Kier molecular flexibility index (Phi) is 6.82. The molecular weight excluding hydrogens is 426 g/mol. The fourth-order valence-electron chi connectivity index (χ4n) is 3.31. The van der Waals surface area contributed by atoms with Gasteiger partial charge >= 0.3 is 0 Å². The van der Waals surface area contributed by atoms with Crippen LogP contribution in [0.5, 0.6) is 0 Å². The molecule has 1 aliphatic rings. The molecule has 1 saturated carbocycles. The molecule has 0 aliphatic heterocycles. The topological polar surface area (TPSA) is 64.1 Å². The van der Waals surface area contributed by atoms with Crippen LogP contribution in [0, 0.1) is 0 Å². The lowest BCUT2D eigenvalue weighted by Gasteiger charge is -2.22. The smallest absolute Gasteiger partial charge is 0.258 e. The van der Waals surface area contributed by atoms with Crippen molar-refractivity contribution < 1.29 is 9.53 Å². The summed E-state index contributed by atoms with van der Waals surface area (Å²) in [5.41, 5.74) is 3.17. The number of benzene rings is 2. The third-order valence-corrected chi connectivity index (χ3v) is 6.99. The number of ether oxygens (including phenoxy) is 1. The average Bonchev–Trinajstić information content (AvgIpc) is 3.43. The number of carbonyl (C=O) groups excluding carboxylic acids is 1. The lowest BCUT2D eigenvalue weighted by atomic mass is 10.1. The third kappa shape index (κ3) is 5.36. The predicted molar refractivity (Wildman–Crippen MR) is 117 cm³/mol. The lowest BCUT2D eigenvalue weighted by molar-refractivity contribution is -0.131. The van der Waals surface area contributed by atoms with Gasteiger partial charge < -0.3 is 10.1 Å². The van der Waals surface area contributed by atoms with Crippen molar-refractivity contribution in [3.8, 4) is 0 Å². The van der Waals surface area contributed by atoms with Gasteiger partial charge in [0.05, 0.1) is 11.1 Å². The summed E-state index contributed by atoms with van der Waals surface area (Å²) in [6, 6.07) is 15.1. The number of halogens is 1. The summed E-state index contributed by atoms with van der Waals surface area (Å²) in [5.74, 6) is -0.191. The largest absolute Gasteiger partial charge is 0.360 e. The fourth-order valence-corrected chi connectivity index (χ4v) is 5.04. The molecule has 4 rings (SSSR count). The lowest BCUT2D eigenvalue weighted by Crippen LogP contribution is -2.26. The molecule has 0 spiro atoms. The normalized spacial score (nSPS) is 15.3. The van der Waals surface area contributed by atoms with Gasteiger partial charge in [0.2, 0.25) is 0 Å². The molecule has 29 heavy (non-hydrogen) atoms. The summed E-state index contributed by atoms with van der Waals surface area (Å²) in [6.07, 6.45) is 3.78. The number of aromatic nitrogens is 2. The Labute approximate surface area is 182 Å². The second-order valence-electron chi connectivity index (χ2n) is 6.77. The summed E-state index contributed by atoms with van der Waals surface area (Å²) in [7, 11) is 0. The van der Waals surface area contributed by atoms with E-state index in [1.165, 1.54) is 23.1 Å². The summed E-state index contributed by atoms with van der Waals surface area (Å²) < 4.78 is 7.01. The van der Waals surface area contributed by atoms with Crippen LogP contribution in [0.25, 0.3) is 0 Å². The van der Waals surface area contributed by atoms with E-state index in [-0.39, 0.29) is 12.0 Å². The molecule has 0 saturated heterocycles. The highest BCUT2D eigenvalue weighted by Crippen LogP contribution is 2.36. The number of rotatable bonds is 7. The minimum absolute atomic E-state index is 0.125. The zero-order valence-electron chi connectivity index (χ0n) is 15.6. The standard InChI is InChI=1S/C21H20ClN3O2S2/c22-17-12-15(10-11-18(17)29-21-25-23-13-28-21)24-20(26)19(14-6-2-1-3-7-14)27-16-8-4-5-9-16/h1-3,6-7,10-13,16,19H,4-5,8-9H2,(H,24,26). The second kappa shape index (κ2) is 9.71. The van der Waals surface area contributed by atoms with E-state index in [1.807, 2.05) is 42.5 Å². The number of hydrogen-bond acceptors (Lipinski definition) is 6. The van der Waals surface area contributed by atoms with E-state index in [0.29, 0.717) is 10.7 Å². The Morgan fingerprint density at radius 2 is 2.00 bits per heavy atom. The molecule has 5 nitrogen and oxygen atoms in total. The molecular formula is C21H20ClN3O2S2. The SMILES string of the molecule is O=C(Nc1ccc(Sc2nncs2)c(Cl)c1)C(OC1CCCC1)c1ccccc1. The molecule has 1 N–H and O–H groups in total. The molecule has 1 heterocycles. The molecule has 2 aromatic carbocycles. The third-order valence-electron chi connectivity index (χ3n) is 4.71. The monoisotopic (exact) mass is 445 g/mol. The van der Waals surface area contributed by atoms with E-state index in [2.05, 4.69) is 15.5 Å². The summed E-state index contributed by atoms with van der Waals surface area (Å²) in [5, 5.41) is 11.4. The highest BCUT2D eigenvalue weighted by Gasteiger charge is 2.27. The van der Waals surface area contributed by atoms with Crippen LogP contribution in [0.15, 0.2) is 63.3 Å². The number of carbonyl (C=O) groups is 1. The van der Waals surface area contributed by atoms with Gasteiger partial charge in [-0.25, -0.2) is 0 Å². The van der Waals surface area contributed by atoms with Crippen LogP contribution in [0.4, 0.5) is 5.69 Å². The van der Waals surface area contributed by atoms with Crippen LogP contribution < -0.4 is 5.32 Å². The minimum Gasteiger partial charge on any atom is -0.360 e. The van der Waals surface area contributed by atoms with Gasteiger partial charge in [0, 0.05) is 10.6 Å². The van der Waals surface area contributed by atoms with Crippen molar-refractivity contribution in [1.29, 1.82) is 0 Å². The Morgan fingerprint density at radius 3 is 2.69 bits per heavy atom. The summed E-state index contributed by atoms with van der Waals surface area (Å²) in [4.78, 5) is 13.9. The molecule has 150 valence electrons. The molecule has 0 radical (unpaired) electrons. The van der Waals surface area contributed by atoms with Gasteiger partial charge in [-0.1, -0.05) is 77.9 Å². The highest BCUT2D eigenvalue weighted by molar-refractivity contribution is 8.01. The van der Waals surface area contributed by atoms with Crippen molar-refractivity contribution in [2.75, 3.05) is 5.32 Å². The van der Waals surface area contributed by atoms with Crippen LogP contribution in [0.3, 0.4) is 0 Å². The van der Waals surface area contributed by atoms with Crippen LogP contribution in [-0.2, 0) is 9.53 Å². The Balaban J connectivity index is 1.48. The zero-order chi connectivity index (χ0) is 20.1. The first-order valence-corrected chi connectivity index (χ1v) is 11.5. The molecule has 1 amide bonds. The molecule has 1 aliphatic carbocycles. The van der Waals surface area contributed by atoms with Crippen molar-refractivity contribution in [2.24, 2.45) is 0 Å². The molecule has 1 aromatic heterocycles. The summed E-state index contributed by atoms with van der Waals surface area (Å²) in [6.45, 7) is 0. The fraction of sp³-hybridized carbons (Fsp3) is 0.286. The first-order chi connectivity index (χ1) is 14.2. The van der Waals surface area contributed by atoms with Crippen molar-refractivity contribution in [1.82, 2.24) is 10.2 Å². The Bertz CT molecular complexity index is 948. The molecule has 1 atom stereocenters. The average molecular weight is 446 g/mol. The molecule has 1 fully saturated rings. The number of amides is 1. The number of nitrogens with one attached hydrogen (secondary N) is 1. The van der Waals surface area contributed by atoms with Gasteiger partial charge in [-0.2, -0.15) is 0 Å². The Hall–Kier alpha value is -1.93. The quantitative estimate of drug-likeness (QED) is 0.484. The van der Waals surface area contributed by atoms with Gasteiger partial charge in [-0.15, -0.1) is 10.2 Å². The van der Waals surface area contributed by atoms with E-state index in [0.717, 1.165) is 40.5 Å². The van der Waals surface area contributed by atoms with Crippen molar-refractivity contribution >= 4 is 46.3 Å². The number of anilines is 1. The van der Waals surface area contributed by atoms with Crippen molar-refractivity contribution in [2.45, 2.75) is 47.1 Å². The molecule has 8 heteroatoms. The van der Waals surface area contributed by atoms with Crippen LogP contribution in [-0.4, -0.2) is 22.2 Å². The maximum atomic E-state index is 13.1. The van der Waals surface area contributed by atoms with Gasteiger partial charge in [0.1, 0.15) is 5.51 Å². The van der Waals surface area contributed by atoms with E-state index in [4.69, 9.17) is 16.3 Å².